The Morgan fingerprint density at radius 1 is 1.03 bits per heavy atom. The van der Waals surface area contributed by atoms with Crippen molar-refractivity contribution in [3.05, 3.63) is 96.2 Å². The zero-order valence-corrected chi connectivity index (χ0v) is 18.1. The molecule has 0 aliphatic heterocycles. The minimum Gasteiger partial charge on any atom is -0.497 e. The van der Waals surface area contributed by atoms with Crippen molar-refractivity contribution in [3.8, 4) is 11.8 Å². The van der Waals surface area contributed by atoms with E-state index in [9.17, 15) is 10.1 Å². The average molecular weight is 430 g/mol. The molecule has 0 bridgehead atoms. The van der Waals surface area contributed by atoms with Gasteiger partial charge in [-0.3, -0.25) is 4.79 Å². The highest BCUT2D eigenvalue weighted by molar-refractivity contribution is 7.99. The maximum Gasteiger partial charge on any atom is 0.267 e. The minimum atomic E-state index is -0.460. The Bertz CT molecular complexity index is 1090. The van der Waals surface area contributed by atoms with Crippen molar-refractivity contribution in [2.75, 3.05) is 12.4 Å². The zero-order valence-electron chi connectivity index (χ0n) is 17.3. The van der Waals surface area contributed by atoms with Crippen molar-refractivity contribution < 1.29 is 9.53 Å². The first kappa shape index (κ1) is 22.0. The molecule has 0 heterocycles. The van der Waals surface area contributed by atoms with Crippen molar-refractivity contribution in [2.24, 2.45) is 0 Å². The standard InChI is InChI=1S/C25H23N3O2S/c1-18(19-12-14-21(30-2)15-13-19)27-17-20(16-26)25(29)28-23-10-6-7-11-24(23)31-22-8-4-3-5-9-22/h3-15,17-18,27H,1-2H3,(H,28,29)/b20-17-. The van der Waals surface area contributed by atoms with Crippen LogP contribution in [0.2, 0.25) is 0 Å². The Morgan fingerprint density at radius 2 is 1.71 bits per heavy atom. The van der Waals surface area contributed by atoms with Crippen LogP contribution in [-0.4, -0.2) is 13.0 Å². The van der Waals surface area contributed by atoms with Crippen molar-refractivity contribution >= 4 is 23.4 Å². The topological polar surface area (TPSA) is 74.1 Å². The molecule has 3 aromatic carbocycles. The van der Waals surface area contributed by atoms with Gasteiger partial charge in [0.25, 0.3) is 5.91 Å². The van der Waals surface area contributed by atoms with E-state index < -0.39 is 5.91 Å². The molecule has 3 rings (SSSR count). The molecule has 2 N–H and O–H groups in total. The summed E-state index contributed by atoms with van der Waals surface area (Å²) in [5.74, 6) is 0.314. The number of methoxy groups -OCH3 is 1. The van der Waals surface area contributed by atoms with Crippen LogP contribution in [0.5, 0.6) is 5.75 Å². The van der Waals surface area contributed by atoms with Gasteiger partial charge in [-0.05, 0) is 48.9 Å². The number of carbonyl (C=O) groups excluding carboxylic acids is 1. The van der Waals surface area contributed by atoms with Crippen LogP contribution in [0, 0.1) is 11.3 Å². The highest BCUT2D eigenvalue weighted by atomic mass is 32.2. The summed E-state index contributed by atoms with van der Waals surface area (Å²) in [4.78, 5) is 14.7. The largest absolute Gasteiger partial charge is 0.497 e. The van der Waals surface area contributed by atoms with Gasteiger partial charge in [-0.25, -0.2) is 0 Å². The molecule has 0 radical (unpaired) electrons. The van der Waals surface area contributed by atoms with Crippen LogP contribution in [0.4, 0.5) is 5.69 Å². The number of nitrogens with zero attached hydrogens (tertiary/aromatic N) is 1. The van der Waals surface area contributed by atoms with Crippen molar-refractivity contribution in [1.82, 2.24) is 5.32 Å². The molecule has 31 heavy (non-hydrogen) atoms. The molecule has 156 valence electrons. The third-order valence-electron chi connectivity index (χ3n) is 4.56. The van der Waals surface area contributed by atoms with Crippen molar-refractivity contribution in [1.29, 1.82) is 5.26 Å². The highest BCUT2D eigenvalue weighted by Gasteiger charge is 2.13. The molecule has 3 aromatic rings. The van der Waals surface area contributed by atoms with Gasteiger partial charge in [0.15, 0.2) is 0 Å². The number of amides is 1. The van der Waals surface area contributed by atoms with E-state index in [-0.39, 0.29) is 11.6 Å². The van der Waals surface area contributed by atoms with E-state index in [2.05, 4.69) is 10.6 Å². The van der Waals surface area contributed by atoms with Crippen molar-refractivity contribution in [2.45, 2.75) is 22.8 Å². The molecule has 6 heteroatoms. The van der Waals surface area contributed by atoms with Gasteiger partial charge >= 0.3 is 0 Å². The number of hydrogen-bond acceptors (Lipinski definition) is 5. The monoisotopic (exact) mass is 429 g/mol. The Kier molecular flexibility index (Phi) is 7.74. The maximum absolute atomic E-state index is 12.7. The smallest absolute Gasteiger partial charge is 0.267 e. The normalized spacial score (nSPS) is 11.8. The summed E-state index contributed by atoms with van der Waals surface area (Å²) < 4.78 is 5.17. The highest BCUT2D eigenvalue weighted by Crippen LogP contribution is 2.33. The van der Waals surface area contributed by atoms with Crippen LogP contribution in [-0.2, 0) is 4.79 Å². The summed E-state index contributed by atoms with van der Waals surface area (Å²) in [6.45, 7) is 1.96. The van der Waals surface area contributed by atoms with Gasteiger partial charge < -0.3 is 15.4 Å². The molecule has 0 spiro atoms. The lowest BCUT2D eigenvalue weighted by Crippen LogP contribution is -2.18. The van der Waals surface area contributed by atoms with Crippen LogP contribution in [0.15, 0.2) is 100 Å². The van der Waals surface area contributed by atoms with E-state index in [1.54, 1.807) is 18.9 Å². The van der Waals surface area contributed by atoms with Crippen LogP contribution in [0.1, 0.15) is 18.5 Å². The second kappa shape index (κ2) is 10.9. The lowest BCUT2D eigenvalue weighted by atomic mass is 10.1. The molecular weight excluding hydrogens is 406 g/mol. The fraction of sp³-hybridized carbons (Fsp3) is 0.120. The Labute approximate surface area is 186 Å². The van der Waals surface area contributed by atoms with Crippen LogP contribution >= 0.6 is 11.8 Å². The Morgan fingerprint density at radius 3 is 2.39 bits per heavy atom. The number of hydrogen-bond donors (Lipinski definition) is 2. The summed E-state index contributed by atoms with van der Waals surface area (Å²) in [6, 6.07) is 27.0. The molecule has 1 amide bonds. The van der Waals surface area contributed by atoms with Gasteiger partial charge in [0, 0.05) is 22.0 Å². The third-order valence-corrected chi connectivity index (χ3v) is 5.65. The fourth-order valence-corrected chi connectivity index (χ4v) is 3.73. The number of rotatable bonds is 8. The number of benzene rings is 3. The molecule has 1 unspecified atom stereocenters. The molecule has 0 aliphatic rings. The molecule has 0 aliphatic carbocycles. The summed E-state index contributed by atoms with van der Waals surface area (Å²) >= 11 is 1.55. The summed E-state index contributed by atoms with van der Waals surface area (Å²) in [7, 11) is 1.62. The first-order valence-corrected chi connectivity index (χ1v) is 10.6. The fourth-order valence-electron chi connectivity index (χ4n) is 2.81. The average Bonchev–Trinajstić information content (AvgIpc) is 2.81. The molecular formula is C25H23N3O2S. The SMILES string of the molecule is COc1ccc(C(C)N/C=C(/C#N)C(=O)Nc2ccccc2Sc2ccccc2)cc1. The van der Waals surface area contributed by atoms with Crippen LogP contribution < -0.4 is 15.4 Å². The second-order valence-electron chi connectivity index (χ2n) is 6.70. The molecule has 0 fully saturated rings. The lowest BCUT2D eigenvalue weighted by molar-refractivity contribution is -0.112. The van der Waals surface area contributed by atoms with E-state index in [4.69, 9.17) is 4.74 Å². The van der Waals surface area contributed by atoms with E-state index in [0.29, 0.717) is 5.69 Å². The third kappa shape index (κ3) is 6.14. The van der Waals surface area contributed by atoms with Gasteiger partial charge in [0.2, 0.25) is 0 Å². The Balaban J connectivity index is 1.69. The minimum absolute atomic E-state index is 0.000115. The predicted molar refractivity (Wildman–Crippen MR) is 124 cm³/mol. The molecule has 0 saturated heterocycles. The van der Waals surface area contributed by atoms with E-state index in [1.807, 2.05) is 91.9 Å². The second-order valence-corrected chi connectivity index (χ2v) is 7.81. The van der Waals surface area contributed by atoms with Gasteiger partial charge in [-0.1, -0.05) is 54.2 Å². The zero-order chi connectivity index (χ0) is 22.1. The number of nitriles is 1. The molecule has 5 nitrogen and oxygen atoms in total. The number of carbonyl (C=O) groups is 1. The quantitative estimate of drug-likeness (QED) is 0.363. The first-order chi connectivity index (χ1) is 15.1. The predicted octanol–water partition coefficient (Wildman–Crippen LogP) is 5.54. The van der Waals surface area contributed by atoms with Gasteiger partial charge in [-0.15, -0.1) is 0 Å². The summed E-state index contributed by atoms with van der Waals surface area (Å²) in [5.41, 5.74) is 1.67. The van der Waals surface area contributed by atoms with Gasteiger partial charge in [0.1, 0.15) is 17.4 Å². The maximum atomic E-state index is 12.7. The van der Waals surface area contributed by atoms with E-state index >= 15 is 0 Å². The summed E-state index contributed by atoms with van der Waals surface area (Å²) in [6.07, 6.45) is 1.46. The number of ether oxygens (including phenoxy) is 1. The van der Waals surface area contributed by atoms with Gasteiger partial charge in [-0.2, -0.15) is 5.26 Å². The van der Waals surface area contributed by atoms with Gasteiger partial charge in [0.05, 0.1) is 12.8 Å². The van der Waals surface area contributed by atoms with Crippen LogP contribution in [0.25, 0.3) is 0 Å². The number of nitrogens with one attached hydrogen (secondary N) is 2. The Hall–Kier alpha value is -3.69. The molecule has 0 aromatic heterocycles. The first-order valence-electron chi connectivity index (χ1n) is 9.74. The number of anilines is 1. The van der Waals surface area contributed by atoms with E-state index in [0.717, 1.165) is 21.1 Å². The molecule has 0 saturated carbocycles. The number of para-hydroxylation sites is 1. The lowest BCUT2D eigenvalue weighted by Gasteiger charge is -2.14. The van der Waals surface area contributed by atoms with Crippen LogP contribution in [0.3, 0.4) is 0 Å². The van der Waals surface area contributed by atoms with E-state index in [1.165, 1.54) is 6.20 Å². The molecule has 1 atom stereocenters. The summed E-state index contributed by atoms with van der Waals surface area (Å²) in [5, 5.41) is 15.5. The van der Waals surface area contributed by atoms with Crippen molar-refractivity contribution in [3.63, 3.8) is 0 Å².